The second kappa shape index (κ2) is 7.81. The fourth-order valence-corrected chi connectivity index (χ4v) is 3.21. The molecule has 0 aromatic heterocycles. The van der Waals surface area contributed by atoms with Crippen molar-refractivity contribution in [3.8, 4) is 0 Å². The van der Waals surface area contributed by atoms with Crippen molar-refractivity contribution in [2.75, 3.05) is 0 Å². The molecular weight excluding hydrogens is 337 g/mol. The van der Waals surface area contributed by atoms with E-state index in [0.29, 0.717) is 0 Å². The van der Waals surface area contributed by atoms with Crippen LogP contribution in [0.4, 0.5) is 0 Å². The molecule has 1 aliphatic carbocycles. The maximum Gasteiger partial charge on any atom is -0.147 e. The quantitative estimate of drug-likeness (QED) is 0.596. The van der Waals surface area contributed by atoms with Gasteiger partial charge in [-0.25, -0.2) is 0 Å². The molecule has 0 saturated carbocycles. The molecule has 1 atom stereocenters. The van der Waals surface area contributed by atoms with Crippen LogP contribution in [0, 0.1) is 0 Å². The van der Waals surface area contributed by atoms with Gasteiger partial charge in [-0.05, 0) is 0 Å². The molecule has 19 heavy (non-hydrogen) atoms. The summed E-state index contributed by atoms with van der Waals surface area (Å²) in [5, 5.41) is 0. The first-order chi connectivity index (χ1) is 7.46. The standard InChI is InChI=1S/C15H17.3ClH.V/c1-10-11(2)13(4)15(12(10)3)14-8-6-5-7-9-14;;;;/h5-9H,1-4H3;3*1H;. The van der Waals surface area contributed by atoms with Crippen LogP contribution in [0.25, 0.3) is 5.57 Å². The Labute approximate surface area is 144 Å². The van der Waals surface area contributed by atoms with Crippen molar-refractivity contribution < 1.29 is 17.4 Å². The van der Waals surface area contributed by atoms with Crippen LogP contribution in [-0.4, -0.2) is 0 Å². The number of hydrogen-bond donors (Lipinski definition) is 0. The zero-order valence-corrected chi connectivity index (χ0v) is 15.4. The molecule has 0 saturated heterocycles. The predicted octanol–water partition coefficient (Wildman–Crippen LogP) is 5.80. The maximum atomic E-state index is 2.84. The number of benzene rings is 1. The van der Waals surface area contributed by atoms with Gasteiger partial charge in [0.2, 0.25) is 0 Å². The van der Waals surface area contributed by atoms with Crippen LogP contribution in [-0.2, 0) is 17.4 Å². The van der Waals surface area contributed by atoms with E-state index in [1.807, 2.05) is 0 Å². The Hall–Kier alpha value is 0.154. The Balaban J connectivity index is 0. The van der Waals surface area contributed by atoms with Crippen molar-refractivity contribution in [3.63, 3.8) is 0 Å². The molecule has 4 heteroatoms. The molecule has 1 aliphatic rings. The molecule has 0 heterocycles. The van der Waals surface area contributed by atoms with Gasteiger partial charge in [-0.15, -0.1) is 37.2 Å². The first-order valence-electron chi connectivity index (χ1n) is 5.63. The Morgan fingerprint density at radius 2 is 1.32 bits per heavy atom. The van der Waals surface area contributed by atoms with E-state index in [1.165, 1.54) is 27.9 Å². The summed E-state index contributed by atoms with van der Waals surface area (Å²) in [4.78, 5) is 0. The van der Waals surface area contributed by atoms with E-state index in [9.17, 15) is 0 Å². The normalized spacial score (nSPS) is 21.5. The van der Waals surface area contributed by atoms with Gasteiger partial charge in [-0.2, -0.15) is 0 Å². The van der Waals surface area contributed by atoms with Gasteiger partial charge in [0.15, 0.2) is 0 Å². The number of hydrogen-bond acceptors (Lipinski definition) is 0. The molecule has 1 aromatic rings. The first-order valence-corrected chi connectivity index (χ1v) is 6.33. The average Bonchev–Trinajstić information content (AvgIpc) is 2.41. The van der Waals surface area contributed by atoms with E-state index in [4.69, 9.17) is 0 Å². The van der Waals surface area contributed by atoms with Crippen molar-refractivity contribution in [2.45, 2.75) is 31.8 Å². The van der Waals surface area contributed by atoms with Gasteiger partial charge < -0.3 is 0 Å². The van der Waals surface area contributed by atoms with E-state index in [2.05, 4.69) is 75.5 Å². The zero-order valence-electron chi connectivity index (χ0n) is 11.6. The molecule has 0 fully saturated rings. The number of rotatable bonds is 1. The monoisotopic (exact) mass is 356 g/mol. The molecule has 0 N–H and O–H groups in total. The average molecular weight is 358 g/mol. The van der Waals surface area contributed by atoms with Gasteiger partial charge in [-0.3, -0.25) is 0 Å². The molecular formula is C15H20Cl3V. The van der Waals surface area contributed by atoms with E-state index < -0.39 is 0 Å². The summed E-state index contributed by atoms with van der Waals surface area (Å²) in [6.07, 6.45) is 0. The summed E-state index contributed by atoms with van der Waals surface area (Å²) in [5.41, 5.74) is 7.17. The second-order valence-electron chi connectivity index (χ2n) is 4.69. The number of halogens is 3. The molecule has 2 rings (SSSR count). The van der Waals surface area contributed by atoms with Gasteiger partial charge in [0.05, 0.1) is 0 Å². The van der Waals surface area contributed by atoms with E-state index in [1.54, 1.807) is 0 Å². The van der Waals surface area contributed by atoms with Crippen LogP contribution in [0.3, 0.4) is 0 Å². The summed E-state index contributed by atoms with van der Waals surface area (Å²) < 4.78 is 0.114. The Bertz CT molecular complexity index is 487. The Morgan fingerprint density at radius 1 is 0.842 bits per heavy atom. The third-order valence-corrected chi connectivity index (χ3v) is 4.65. The van der Waals surface area contributed by atoms with Crippen LogP contribution in [0.5, 0.6) is 0 Å². The summed E-state index contributed by atoms with van der Waals surface area (Å²) in [5.74, 6) is 0. The minimum Gasteiger partial charge on any atom is -0.147 e. The minimum absolute atomic E-state index is 0. The van der Waals surface area contributed by atoms with Crippen molar-refractivity contribution in [2.24, 2.45) is 0 Å². The third kappa shape index (κ3) is 3.62. The van der Waals surface area contributed by atoms with Crippen LogP contribution in [0.2, 0.25) is 4.13 Å². The molecule has 106 valence electrons. The van der Waals surface area contributed by atoms with Crippen LogP contribution in [0.1, 0.15) is 33.3 Å². The topological polar surface area (TPSA) is 0 Å². The smallest absolute Gasteiger partial charge is 0.147 e. The Kier molecular flexibility index (Phi) is 8.82. The van der Waals surface area contributed by atoms with E-state index in [0.717, 1.165) is 0 Å². The first kappa shape index (κ1) is 21.5. The summed E-state index contributed by atoms with van der Waals surface area (Å²) in [6, 6.07) is 10.7. The van der Waals surface area contributed by atoms with Crippen LogP contribution >= 0.6 is 37.2 Å². The summed E-state index contributed by atoms with van der Waals surface area (Å²) in [7, 11) is 0. The Morgan fingerprint density at radius 3 is 1.68 bits per heavy atom. The van der Waals surface area contributed by atoms with Crippen molar-refractivity contribution in [3.05, 3.63) is 52.6 Å². The molecule has 0 aliphatic heterocycles. The molecule has 0 bridgehead atoms. The molecule has 0 radical (unpaired) electrons. The van der Waals surface area contributed by atoms with Crippen LogP contribution < -0.4 is 0 Å². The second-order valence-corrected chi connectivity index (χ2v) is 6.08. The minimum atomic E-state index is 0. The van der Waals surface area contributed by atoms with Crippen molar-refractivity contribution in [1.82, 2.24) is 0 Å². The zero-order chi connectivity index (χ0) is 11.9. The van der Waals surface area contributed by atoms with Crippen molar-refractivity contribution in [1.29, 1.82) is 0 Å². The SMILES string of the molecule is CC1=C(C)[C](C)([V])C(c2ccccc2)=C1C.Cl.Cl.Cl. The van der Waals surface area contributed by atoms with E-state index in [-0.39, 0.29) is 41.3 Å². The molecule has 0 nitrogen and oxygen atoms in total. The van der Waals surface area contributed by atoms with Crippen LogP contribution in [0.15, 0.2) is 47.1 Å². The predicted molar refractivity (Wildman–Crippen MR) is 87.5 cm³/mol. The van der Waals surface area contributed by atoms with Gasteiger partial charge >= 0.3 is 107 Å². The molecule has 1 unspecified atom stereocenters. The fraction of sp³-hybridized carbons (Fsp3) is 0.333. The molecule has 0 amide bonds. The van der Waals surface area contributed by atoms with Crippen molar-refractivity contribution >= 4 is 42.8 Å². The van der Waals surface area contributed by atoms with Gasteiger partial charge in [-0.1, -0.05) is 0 Å². The van der Waals surface area contributed by atoms with E-state index >= 15 is 0 Å². The third-order valence-electron chi connectivity index (χ3n) is 3.78. The van der Waals surface area contributed by atoms with Gasteiger partial charge in [0.1, 0.15) is 0 Å². The molecule has 1 aromatic carbocycles. The number of allylic oxidation sites excluding steroid dienone is 4. The van der Waals surface area contributed by atoms with Gasteiger partial charge in [0, 0.05) is 0 Å². The maximum absolute atomic E-state index is 2.84. The molecule has 0 spiro atoms. The largest absolute Gasteiger partial charge is 0.147 e. The summed E-state index contributed by atoms with van der Waals surface area (Å²) in [6.45, 7) is 9.00. The van der Waals surface area contributed by atoms with Gasteiger partial charge in [0.25, 0.3) is 0 Å². The summed E-state index contributed by atoms with van der Waals surface area (Å²) >= 11 is 2.84. The fourth-order valence-electron chi connectivity index (χ4n) is 2.49.